The molecule has 0 amide bonds. The van der Waals surface area contributed by atoms with Crippen LogP contribution in [-0.4, -0.2) is 16.5 Å². The first-order chi connectivity index (χ1) is 9.10. The maximum absolute atomic E-state index is 4.55. The Hall–Kier alpha value is -1.42. The third kappa shape index (κ3) is 3.53. The average Bonchev–Trinajstić information content (AvgIpc) is 2.37. The SMILES string of the molecule is CCN(Cc1cccc(C)n1)c1ncc(C)cc1Br. The molecule has 0 N–H and O–H groups in total. The van der Waals surface area contributed by atoms with Gasteiger partial charge in [-0.05, 0) is 60.5 Å². The molecule has 2 aromatic heterocycles. The molecule has 0 saturated carbocycles. The third-order valence-electron chi connectivity index (χ3n) is 2.94. The molecule has 0 atom stereocenters. The Labute approximate surface area is 122 Å². The van der Waals surface area contributed by atoms with Gasteiger partial charge in [-0.2, -0.15) is 0 Å². The van der Waals surface area contributed by atoms with Gasteiger partial charge in [0.15, 0.2) is 0 Å². The smallest absolute Gasteiger partial charge is 0.143 e. The zero-order valence-electron chi connectivity index (χ0n) is 11.5. The fourth-order valence-corrected chi connectivity index (χ4v) is 2.69. The topological polar surface area (TPSA) is 29.0 Å². The van der Waals surface area contributed by atoms with Crippen molar-refractivity contribution in [2.24, 2.45) is 0 Å². The van der Waals surface area contributed by atoms with Gasteiger partial charge in [0, 0.05) is 18.4 Å². The van der Waals surface area contributed by atoms with Crippen LogP contribution in [0.2, 0.25) is 0 Å². The number of hydrogen-bond acceptors (Lipinski definition) is 3. The monoisotopic (exact) mass is 319 g/mol. The summed E-state index contributed by atoms with van der Waals surface area (Å²) in [6.45, 7) is 7.85. The van der Waals surface area contributed by atoms with E-state index in [1.807, 2.05) is 32.2 Å². The summed E-state index contributed by atoms with van der Waals surface area (Å²) < 4.78 is 1.03. The largest absolute Gasteiger partial charge is 0.350 e. The van der Waals surface area contributed by atoms with Crippen LogP contribution in [0, 0.1) is 13.8 Å². The molecule has 100 valence electrons. The minimum atomic E-state index is 0.771. The van der Waals surface area contributed by atoms with Gasteiger partial charge in [0.05, 0.1) is 16.7 Å². The number of anilines is 1. The van der Waals surface area contributed by atoms with Crippen molar-refractivity contribution in [2.45, 2.75) is 27.3 Å². The summed E-state index contributed by atoms with van der Waals surface area (Å²) in [7, 11) is 0. The Morgan fingerprint density at radius 3 is 2.68 bits per heavy atom. The van der Waals surface area contributed by atoms with Crippen LogP contribution in [0.15, 0.2) is 34.9 Å². The normalized spacial score (nSPS) is 10.5. The molecule has 0 bridgehead atoms. The summed E-state index contributed by atoms with van der Waals surface area (Å²) in [5, 5.41) is 0. The number of pyridine rings is 2. The molecule has 19 heavy (non-hydrogen) atoms. The summed E-state index contributed by atoms with van der Waals surface area (Å²) in [4.78, 5) is 11.3. The highest BCUT2D eigenvalue weighted by molar-refractivity contribution is 9.10. The van der Waals surface area contributed by atoms with E-state index in [1.165, 1.54) is 0 Å². The van der Waals surface area contributed by atoms with Gasteiger partial charge in [-0.25, -0.2) is 4.98 Å². The molecule has 0 radical (unpaired) electrons. The number of rotatable bonds is 4. The Kier molecular flexibility index (Phi) is 4.53. The summed E-state index contributed by atoms with van der Waals surface area (Å²) in [5.41, 5.74) is 3.26. The van der Waals surface area contributed by atoms with Gasteiger partial charge in [0.2, 0.25) is 0 Å². The van der Waals surface area contributed by atoms with Crippen LogP contribution in [-0.2, 0) is 6.54 Å². The third-order valence-corrected chi connectivity index (χ3v) is 3.52. The fourth-order valence-electron chi connectivity index (χ4n) is 1.98. The first kappa shape index (κ1) is 14.0. The molecule has 0 aromatic carbocycles. The molecule has 3 nitrogen and oxygen atoms in total. The Bertz CT molecular complexity index is 569. The van der Waals surface area contributed by atoms with Crippen molar-refractivity contribution in [2.75, 3.05) is 11.4 Å². The fraction of sp³-hybridized carbons (Fsp3) is 0.333. The van der Waals surface area contributed by atoms with E-state index in [0.717, 1.165) is 40.3 Å². The first-order valence-corrected chi connectivity index (χ1v) is 7.19. The Balaban J connectivity index is 2.25. The lowest BCUT2D eigenvalue weighted by Gasteiger charge is -2.23. The van der Waals surface area contributed by atoms with E-state index in [4.69, 9.17) is 0 Å². The second-order valence-corrected chi connectivity index (χ2v) is 5.46. The van der Waals surface area contributed by atoms with Crippen molar-refractivity contribution in [3.05, 3.63) is 51.9 Å². The molecule has 0 spiro atoms. The molecule has 0 aliphatic rings. The summed E-state index contributed by atoms with van der Waals surface area (Å²) in [6, 6.07) is 8.20. The van der Waals surface area contributed by atoms with Crippen molar-refractivity contribution in [1.29, 1.82) is 0 Å². The molecular formula is C15H18BrN3. The Morgan fingerprint density at radius 2 is 2.05 bits per heavy atom. The van der Waals surface area contributed by atoms with E-state index < -0.39 is 0 Å². The molecule has 0 unspecified atom stereocenters. The van der Waals surface area contributed by atoms with Crippen LogP contribution in [0.4, 0.5) is 5.82 Å². The molecule has 4 heteroatoms. The van der Waals surface area contributed by atoms with E-state index in [1.54, 1.807) is 0 Å². The molecule has 0 aliphatic heterocycles. The van der Waals surface area contributed by atoms with Crippen molar-refractivity contribution in [1.82, 2.24) is 9.97 Å². The van der Waals surface area contributed by atoms with Crippen LogP contribution in [0.5, 0.6) is 0 Å². The van der Waals surface area contributed by atoms with E-state index >= 15 is 0 Å². The van der Waals surface area contributed by atoms with Crippen molar-refractivity contribution < 1.29 is 0 Å². The van der Waals surface area contributed by atoms with Crippen molar-refractivity contribution >= 4 is 21.7 Å². The zero-order valence-corrected chi connectivity index (χ0v) is 13.1. The van der Waals surface area contributed by atoms with Crippen LogP contribution < -0.4 is 4.90 Å². The highest BCUT2D eigenvalue weighted by Gasteiger charge is 2.11. The predicted molar refractivity (Wildman–Crippen MR) is 82.4 cm³/mol. The highest BCUT2D eigenvalue weighted by Crippen LogP contribution is 2.25. The lowest BCUT2D eigenvalue weighted by atomic mass is 10.2. The van der Waals surface area contributed by atoms with Gasteiger partial charge < -0.3 is 4.90 Å². The predicted octanol–water partition coefficient (Wildman–Crippen LogP) is 3.88. The number of aromatic nitrogens is 2. The maximum atomic E-state index is 4.55. The number of nitrogens with zero attached hydrogens (tertiary/aromatic N) is 3. The van der Waals surface area contributed by atoms with Crippen LogP contribution in [0.1, 0.15) is 23.9 Å². The Morgan fingerprint density at radius 1 is 1.26 bits per heavy atom. The summed E-state index contributed by atoms with van der Waals surface area (Å²) in [6.07, 6.45) is 1.90. The second kappa shape index (κ2) is 6.15. The first-order valence-electron chi connectivity index (χ1n) is 6.39. The molecule has 0 saturated heterocycles. The zero-order chi connectivity index (χ0) is 13.8. The second-order valence-electron chi connectivity index (χ2n) is 4.60. The van der Waals surface area contributed by atoms with Gasteiger partial charge >= 0.3 is 0 Å². The van der Waals surface area contributed by atoms with E-state index in [2.05, 4.69) is 49.9 Å². The minimum absolute atomic E-state index is 0.771. The number of halogens is 1. The number of aryl methyl sites for hydroxylation is 2. The molecule has 2 rings (SSSR count). The van der Waals surface area contributed by atoms with Crippen molar-refractivity contribution in [3.63, 3.8) is 0 Å². The summed E-state index contributed by atoms with van der Waals surface area (Å²) >= 11 is 3.59. The lowest BCUT2D eigenvalue weighted by molar-refractivity contribution is 0.787. The molecule has 2 heterocycles. The van der Waals surface area contributed by atoms with Crippen LogP contribution in [0.25, 0.3) is 0 Å². The molecule has 2 aromatic rings. The lowest BCUT2D eigenvalue weighted by Crippen LogP contribution is -2.24. The van der Waals surface area contributed by atoms with E-state index in [-0.39, 0.29) is 0 Å². The van der Waals surface area contributed by atoms with E-state index in [0.29, 0.717) is 0 Å². The van der Waals surface area contributed by atoms with Gasteiger partial charge in [0.1, 0.15) is 5.82 Å². The van der Waals surface area contributed by atoms with Gasteiger partial charge in [-0.15, -0.1) is 0 Å². The van der Waals surface area contributed by atoms with Gasteiger partial charge in [-0.3, -0.25) is 4.98 Å². The highest BCUT2D eigenvalue weighted by atomic mass is 79.9. The van der Waals surface area contributed by atoms with Crippen LogP contribution in [0.3, 0.4) is 0 Å². The molecule has 0 fully saturated rings. The molecule has 0 aliphatic carbocycles. The van der Waals surface area contributed by atoms with E-state index in [9.17, 15) is 0 Å². The summed E-state index contributed by atoms with van der Waals surface area (Å²) in [5.74, 6) is 0.969. The van der Waals surface area contributed by atoms with Gasteiger partial charge in [0.25, 0.3) is 0 Å². The minimum Gasteiger partial charge on any atom is -0.350 e. The van der Waals surface area contributed by atoms with Crippen molar-refractivity contribution in [3.8, 4) is 0 Å². The number of hydrogen-bond donors (Lipinski definition) is 0. The average molecular weight is 320 g/mol. The van der Waals surface area contributed by atoms with Gasteiger partial charge in [-0.1, -0.05) is 6.07 Å². The standard InChI is InChI=1S/C15H18BrN3/c1-4-19(10-13-7-5-6-12(3)18-13)15-14(16)8-11(2)9-17-15/h5-9H,4,10H2,1-3H3. The maximum Gasteiger partial charge on any atom is 0.143 e. The molecular weight excluding hydrogens is 302 g/mol. The van der Waals surface area contributed by atoms with Crippen LogP contribution >= 0.6 is 15.9 Å². The quantitative estimate of drug-likeness (QED) is 0.856.